The van der Waals surface area contributed by atoms with Crippen molar-refractivity contribution < 1.29 is 14.3 Å². The van der Waals surface area contributed by atoms with Crippen molar-refractivity contribution in [2.45, 2.75) is 38.9 Å². The number of rotatable bonds is 8. The normalized spacial score (nSPS) is 15.9. The Morgan fingerprint density at radius 1 is 1.22 bits per heavy atom. The first-order valence-electron chi connectivity index (χ1n) is 9.67. The fourth-order valence-corrected chi connectivity index (χ4v) is 3.55. The van der Waals surface area contributed by atoms with Crippen LogP contribution in [-0.4, -0.2) is 53.0 Å². The Balaban J connectivity index is 1.58. The van der Waals surface area contributed by atoms with Crippen molar-refractivity contribution in [1.29, 1.82) is 0 Å². The number of hydrogen-bond donors (Lipinski definition) is 2. The van der Waals surface area contributed by atoms with Crippen molar-refractivity contribution in [2.75, 3.05) is 26.2 Å². The lowest BCUT2D eigenvalue weighted by atomic mass is 10.1. The zero-order valence-electron chi connectivity index (χ0n) is 15.9. The van der Waals surface area contributed by atoms with Gasteiger partial charge in [0.25, 0.3) is 0 Å². The smallest absolute Gasteiger partial charge is 0.234 e. The molecule has 6 heteroatoms. The number of aromatic hydroxyl groups is 1. The zero-order chi connectivity index (χ0) is 19.1. The summed E-state index contributed by atoms with van der Waals surface area (Å²) < 4.78 is 5.45. The number of carbonyl (C=O) groups is 1. The van der Waals surface area contributed by atoms with Crippen LogP contribution in [0.2, 0.25) is 0 Å². The van der Waals surface area contributed by atoms with E-state index >= 15 is 0 Å². The molecule has 0 atom stereocenters. The molecule has 27 heavy (non-hydrogen) atoms. The summed E-state index contributed by atoms with van der Waals surface area (Å²) in [5.41, 5.74) is 0.799. The molecule has 0 spiro atoms. The molecule has 3 rings (SSSR count). The van der Waals surface area contributed by atoms with Crippen molar-refractivity contribution in [1.82, 2.24) is 15.1 Å². The summed E-state index contributed by atoms with van der Waals surface area (Å²) in [5, 5.41) is 13.2. The molecule has 146 valence electrons. The van der Waals surface area contributed by atoms with Crippen molar-refractivity contribution in [3.8, 4) is 5.75 Å². The molecule has 2 heterocycles. The van der Waals surface area contributed by atoms with Gasteiger partial charge in [-0.05, 0) is 37.6 Å². The molecule has 0 radical (unpaired) electrons. The first-order valence-corrected chi connectivity index (χ1v) is 9.67. The second-order valence-electron chi connectivity index (χ2n) is 7.13. The Bertz CT molecular complexity index is 709. The molecule has 0 saturated carbocycles. The maximum atomic E-state index is 12.6. The summed E-state index contributed by atoms with van der Waals surface area (Å²) in [6.45, 7) is 6.58. The van der Waals surface area contributed by atoms with Gasteiger partial charge in [-0.15, -0.1) is 0 Å². The molecule has 0 bridgehead atoms. The van der Waals surface area contributed by atoms with E-state index in [1.54, 1.807) is 18.4 Å². The molecule has 2 aromatic rings. The topological polar surface area (TPSA) is 69.0 Å². The van der Waals surface area contributed by atoms with Crippen LogP contribution in [0.4, 0.5) is 0 Å². The summed E-state index contributed by atoms with van der Waals surface area (Å²) in [6, 6.07) is 11.2. The lowest BCUT2D eigenvalue weighted by molar-refractivity contribution is -0.123. The number of nitrogens with one attached hydrogen (secondary N) is 1. The lowest BCUT2D eigenvalue weighted by Crippen LogP contribution is -2.47. The highest BCUT2D eigenvalue weighted by atomic mass is 16.3. The Kier molecular flexibility index (Phi) is 6.90. The first-order chi connectivity index (χ1) is 13.1. The van der Waals surface area contributed by atoms with Crippen LogP contribution < -0.4 is 5.32 Å². The largest absolute Gasteiger partial charge is 0.508 e. The average molecular weight is 371 g/mol. The van der Waals surface area contributed by atoms with Gasteiger partial charge in [-0.25, -0.2) is 0 Å². The minimum Gasteiger partial charge on any atom is -0.508 e. The fraction of sp³-hybridized carbons (Fsp3) is 0.476. The molecule has 1 aliphatic heterocycles. The van der Waals surface area contributed by atoms with Gasteiger partial charge < -0.3 is 19.7 Å². The quantitative estimate of drug-likeness (QED) is 0.746. The number of para-hydroxylation sites is 1. The van der Waals surface area contributed by atoms with Gasteiger partial charge >= 0.3 is 0 Å². The van der Waals surface area contributed by atoms with Crippen LogP contribution in [0.25, 0.3) is 0 Å². The predicted molar refractivity (Wildman–Crippen MR) is 104 cm³/mol. The molecule has 0 unspecified atom stereocenters. The number of carbonyl (C=O) groups excluding carboxylic acids is 1. The van der Waals surface area contributed by atoms with Crippen LogP contribution in [0, 0.1) is 0 Å². The summed E-state index contributed by atoms with van der Waals surface area (Å²) >= 11 is 0. The van der Waals surface area contributed by atoms with Crippen LogP contribution >= 0.6 is 0 Å². The second-order valence-corrected chi connectivity index (χ2v) is 7.13. The number of furan rings is 1. The zero-order valence-corrected chi connectivity index (χ0v) is 15.9. The average Bonchev–Trinajstić information content (AvgIpc) is 3.17. The van der Waals surface area contributed by atoms with Gasteiger partial charge in [0.15, 0.2) is 0 Å². The van der Waals surface area contributed by atoms with Crippen molar-refractivity contribution in [3.05, 3.63) is 54.0 Å². The highest BCUT2D eigenvalue weighted by Crippen LogP contribution is 2.19. The van der Waals surface area contributed by atoms with Gasteiger partial charge in [0.05, 0.1) is 19.4 Å². The standard InChI is InChI=1S/C21H29N3O3/c1-2-23-11-9-18(10-12-23)22-21(26)16-24(15-19-7-5-13-27-19)14-17-6-3-4-8-20(17)25/h3-8,13,18,25H,2,9-12,14-16H2,1H3,(H,22,26). The molecule has 1 aromatic carbocycles. The number of hydrogen-bond acceptors (Lipinski definition) is 5. The Labute approximate surface area is 160 Å². The predicted octanol–water partition coefficient (Wildman–Crippen LogP) is 2.59. The van der Waals surface area contributed by atoms with E-state index in [0.717, 1.165) is 43.8 Å². The molecule has 1 saturated heterocycles. The van der Waals surface area contributed by atoms with E-state index in [9.17, 15) is 9.90 Å². The molecule has 1 aromatic heterocycles. The lowest BCUT2D eigenvalue weighted by Gasteiger charge is -2.32. The molecule has 1 aliphatic rings. The van der Waals surface area contributed by atoms with E-state index in [-0.39, 0.29) is 24.2 Å². The number of piperidine rings is 1. The summed E-state index contributed by atoms with van der Waals surface area (Å²) in [6.07, 6.45) is 3.63. The number of likely N-dealkylation sites (tertiary alicyclic amines) is 1. The Hall–Kier alpha value is -2.31. The van der Waals surface area contributed by atoms with Gasteiger partial charge in [-0.3, -0.25) is 9.69 Å². The van der Waals surface area contributed by atoms with Crippen LogP contribution in [0.3, 0.4) is 0 Å². The Morgan fingerprint density at radius 2 is 2.00 bits per heavy atom. The monoisotopic (exact) mass is 371 g/mol. The number of amides is 1. The van der Waals surface area contributed by atoms with Crippen molar-refractivity contribution >= 4 is 5.91 Å². The van der Waals surface area contributed by atoms with E-state index in [1.807, 2.05) is 29.2 Å². The number of phenolic OH excluding ortho intramolecular Hbond substituents is 1. The van der Waals surface area contributed by atoms with Crippen LogP contribution in [0.1, 0.15) is 31.1 Å². The molecular formula is C21H29N3O3. The van der Waals surface area contributed by atoms with E-state index in [2.05, 4.69) is 17.1 Å². The van der Waals surface area contributed by atoms with Gasteiger partial charge in [-0.1, -0.05) is 25.1 Å². The SMILES string of the molecule is CCN1CCC(NC(=O)CN(Cc2ccco2)Cc2ccccc2O)CC1. The maximum absolute atomic E-state index is 12.6. The molecule has 6 nitrogen and oxygen atoms in total. The van der Waals surface area contributed by atoms with Crippen LogP contribution in [0.15, 0.2) is 47.1 Å². The highest BCUT2D eigenvalue weighted by molar-refractivity contribution is 5.78. The third-order valence-electron chi connectivity index (χ3n) is 5.11. The molecular weight excluding hydrogens is 342 g/mol. The summed E-state index contributed by atoms with van der Waals surface area (Å²) in [4.78, 5) is 17.0. The van der Waals surface area contributed by atoms with Crippen molar-refractivity contribution in [2.24, 2.45) is 0 Å². The highest BCUT2D eigenvalue weighted by Gasteiger charge is 2.21. The molecule has 1 amide bonds. The third kappa shape index (κ3) is 5.84. The van der Waals surface area contributed by atoms with E-state index in [0.29, 0.717) is 13.1 Å². The summed E-state index contributed by atoms with van der Waals surface area (Å²) in [5.74, 6) is 1.07. The third-order valence-corrected chi connectivity index (χ3v) is 5.11. The van der Waals surface area contributed by atoms with Crippen LogP contribution in [-0.2, 0) is 17.9 Å². The van der Waals surface area contributed by atoms with Gasteiger partial charge in [0.1, 0.15) is 11.5 Å². The minimum absolute atomic E-state index is 0.0203. The number of benzene rings is 1. The minimum atomic E-state index is 0.0203. The van der Waals surface area contributed by atoms with E-state index in [1.165, 1.54) is 0 Å². The van der Waals surface area contributed by atoms with E-state index in [4.69, 9.17) is 4.42 Å². The fourth-order valence-electron chi connectivity index (χ4n) is 3.55. The molecule has 2 N–H and O–H groups in total. The van der Waals surface area contributed by atoms with E-state index < -0.39 is 0 Å². The van der Waals surface area contributed by atoms with Crippen LogP contribution in [0.5, 0.6) is 5.75 Å². The van der Waals surface area contributed by atoms with Gasteiger partial charge in [-0.2, -0.15) is 0 Å². The number of nitrogens with zero attached hydrogens (tertiary/aromatic N) is 2. The Morgan fingerprint density at radius 3 is 2.67 bits per heavy atom. The first kappa shape index (κ1) is 19.5. The maximum Gasteiger partial charge on any atom is 0.234 e. The number of phenols is 1. The molecule has 0 aliphatic carbocycles. The summed E-state index contributed by atoms with van der Waals surface area (Å²) in [7, 11) is 0. The van der Waals surface area contributed by atoms with Crippen molar-refractivity contribution in [3.63, 3.8) is 0 Å². The molecule has 1 fully saturated rings. The van der Waals surface area contributed by atoms with Gasteiger partial charge in [0, 0.05) is 31.2 Å². The van der Waals surface area contributed by atoms with Gasteiger partial charge in [0.2, 0.25) is 5.91 Å². The second kappa shape index (κ2) is 9.58.